The molecule has 0 saturated heterocycles. The molecule has 70 valence electrons. The molecule has 0 unspecified atom stereocenters. The van der Waals surface area contributed by atoms with E-state index in [9.17, 15) is 18.0 Å². The van der Waals surface area contributed by atoms with Crippen LogP contribution in [-0.2, 0) is 0 Å². The van der Waals surface area contributed by atoms with Crippen molar-refractivity contribution >= 4 is 28.4 Å². The van der Waals surface area contributed by atoms with Gasteiger partial charge < -0.3 is 0 Å². The minimum atomic E-state index is -3.16. The lowest BCUT2D eigenvalue weighted by Gasteiger charge is -2.01. The van der Waals surface area contributed by atoms with E-state index in [0.29, 0.717) is 3.57 Å². The van der Waals surface area contributed by atoms with Crippen molar-refractivity contribution < 1.29 is 18.0 Å². The van der Waals surface area contributed by atoms with Crippen LogP contribution in [0.4, 0.5) is 13.2 Å². The van der Waals surface area contributed by atoms with Crippen molar-refractivity contribution in [2.75, 3.05) is 0 Å². The average molecular weight is 300 g/mol. The SMILES string of the molecule is O=C(c1cc(I)ccc1F)C(F)F. The molecule has 0 aromatic heterocycles. The van der Waals surface area contributed by atoms with Crippen LogP contribution in [0, 0.1) is 9.39 Å². The summed E-state index contributed by atoms with van der Waals surface area (Å²) < 4.78 is 37.2. The number of hydrogen-bond acceptors (Lipinski definition) is 1. The fourth-order valence-electron chi connectivity index (χ4n) is 0.804. The van der Waals surface area contributed by atoms with Crippen molar-refractivity contribution in [2.24, 2.45) is 0 Å². The number of carbonyl (C=O) groups excluding carboxylic acids is 1. The summed E-state index contributed by atoms with van der Waals surface area (Å²) in [6.45, 7) is 0. The zero-order valence-corrected chi connectivity index (χ0v) is 8.39. The molecule has 0 aliphatic carbocycles. The molecule has 1 aromatic rings. The summed E-state index contributed by atoms with van der Waals surface area (Å²) in [5.41, 5.74) is -0.554. The van der Waals surface area contributed by atoms with Gasteiger partial charge in [0.15, 0.2) is 0 Å². The Morgan fingerprint density at radius 3 is 2.54 bits per heavy atom. The predicted molar refractivity (Wildman–Crippen MR) is 49.5 cm³/mol. The van der Waals surface area contributed by atoms with Crippen molar-refractivity contribution in [1.82, 2.24) is 0 Å². The number of benzene rings is 1. The summed E-state index contributed by atoms with van der Waals surface area (Å²) in [5, 5.41) is 0. The maximum atomic E-state index is 12.8. The highest BCUT2D eigenvalue weighted by Gasteiger charge is 2.21. The van der Waals surface area contributed by atoms with E-state index in [-0.39, 0.29) is 0 Å². The second-order valence-electron chi connectivity index (χ2n) is 2.29. The molecule has 1 nitrogen and oxygen atoms in total. The highest BCUT2D eigenvalue weighted by atomic mass is 127. The summed E-state index contributed by atoms with van der Waals surface area (Å²) in [5.74, 6) is -2.39. The van der Waals surface area contributed by atoms with E-state index in [1.54, 1.807) is 0 Å². The Morgan fingerprint density at radius 2 is 2.00 bits per heavy atom. The van der Waals surface area contributed by atoms with Gasteiger partial charge in [-0.2, -0.15) is 0 Å². The van der Waals surface area contributed by atoms with Gasteiger partial charge in [0, 0.05) is 3.57 Å². The minimum Gasteiger partial charge on any atom is -0.288 e. The van der Waals surface area contributed by atoms with Crippen molar-refractivity contribution in [3.63, 3.8) is 0 Å². The fraction of sp³-hybridized carbons (Fsp3) is 0.125. The molecule has 0 radical (unpaired) electrons. The fourth-order valence-corrected chi connectivity index (χ4v) is 1.30. The maximum absolute atomic E-state index is 12.8. The number of alkyl halides is 2. The van der Waals surface area contributed by atoms with Gasteiger partial charge in [-0.25, -0.2) is 13.2 Å². The van der Waals surface area contributed by atoms with Gasteiger partial charge in [-0.05, 0) is 40.8 Å². The first kappa shape index (κ1) is 10.5. The van der Waals surface area contributed by atoms with E-state index in [0.717, 1.165) is 12.1 Å². The van der Waals surface area contributed by atoms with Crippen LogP contribution in [0.15, 0.2) is 18.2 Å². The Hall–Kier alpha value is -0.590. The molecule has 0 bridgehead atoms. The Morgan fingerprint density at radius 1 is 1.38 bits per heavy atom. The first-order valence-corrected chi connectivity index (χ1v) is 4.37. The molecule has 0 spiro atoms. The van der Waals surface area contributed by atoms with E-state index < -0.39 is 23.6 Å². The molecule has 0 saturated carbocycles. The average Bonchev–Trinajstić information content (AvgIpc) is 2.08. The first-order valence-electron chi connectivity index (χ1n) is 3.30. The summed E-state index contributed by atoms with van der Waals surface area (Å²) >= 11 is 1.82. The van der Waals surface area contributed by atoms with E-state index in [2.05, 4.69) is 0 Å². The molecule has 0 aliphatic heterocycles. The molecule has 0 heterocycles. The number of hydrogen-bond donors (Lipinski definition) is 0. The largest absolute Gasteiger partial charge is 0.300 e. The van der Waals surface area contributed by atoms with Crippen LogP contribution in [0.2, 0.25) is 0 Å². The highest BCUT2D eigenvalue weighted by molar-refractivity contribution is 14.1. The summed E-state index contributed by atoms with van der Waals surface area (Å²) in [4.78, 5) is 10.7. The second-order valence-corrected chi connectivity index (χ2v) is 3.53. The number of rotatable bonds is 2. The van der Waals surface area contributed by atoms with Crippen molar-refractivity contribution in [2.45, 2.75) is 6.43 Å². The molecule has 1 rings (SSSR count). The molecule has 5 heteroatoms. The normalized spacial score (nSPS) is 10.5. The molecule has 0 amide bonds. The van der Waals surface area contributed by atoms with Crippen molar-refractivity contribution in [3.8, 4) is 0 Å². The van der Waals surface area contributed by atoms with Gasteiger partial charge >= 0.3 is 6.43 Å². The standard InChI is InChI=1S/C8H4F3IO/c9-6-2-1-4(12)3-5(6)7(13)8(10)11/h1-3,8H. The van der Waals surface area contributed by atoms with E-state index >= 15 is 0 Å². The lowest BCUT2D eigenvalue weighted by Crippen LogP contribution is -2.12. The quantitative estimate of drug-likeness (QED) is 0.606. The lowest BCUT2D eigenvalue weighted by atomic mass is 10.1. The summed E-state index contributed by atoms with van der Waals surface area (Å²) in [6, 6.07) is 3.50. The number of carbonyl (C=O) groups is 1. The van der Waals surface area contributed by atoms with Crippen LogP contribution in [0.1, 0.15) is 10.4 Å². The molecule has 0 aliphatic rings. The second kappa shape index (κ2) is 4.08. The van der Waals surface area contributed by atoms with E-state index in [4.69, 9.17) is 0 Å². The van der Waals surface area contributed by atoms with Gasteiger partial charge in [0.05, 0.1) is 5.56 Å². The predicted octanol–water partition coefficient (Wildman–Crippen LogP) is 2.88. The van der Waals surface area contributed by atoms with Gasteiger partial charge in [-0.15, -0.1) is 0 Å². The zero-order chi connectivity index (χ0) is 10.0. The zero-order valence-electron chi connectivity index (χ0n) is 6.23. The van der Waals surface area contributed by atoms with Gasteiger partial charge in [0.25, 0.3) is 0 Å². The van der Waals surface area contributed by atoms with Gasteiger partial charge in [0.1, 0.15) is 5.82 Å². The van der Waals surface area contributed by atoms with Crippen LogP contribution in [0.25, 0.3) is 0 Å². The van der Waals surface area contributed by atoms with Gasteiger partial charge in [-0.3, -0.25) is 4.79 Å². The van der Waals surface area contributed by atoms with Crippen molar-refractivity contribution in [1.29, 1.82) is 0 Å². The molecule has 0 N–H and O–H groups in total. The maximum Gasteiger partial charge on any atom is 0.300 e. The minimum absolute atomic E-state index is 0.544. The van der Waals surface area contributed by atoms with Gasteiger partial charge in [-0.1, -0.05) is 0 Å². The van der Waals surface area contributed by atoms with E-state index in [1.807, 2.05) is 22.6 Å². The van der Waals surface area contributed by atoms with Crippen molar-refractivity contribution in [3.05, 3.63) is 33.1 Å². The van der Waals surface area contributed by atoms with Crippen LogP contribution in [0.5, 0.6) is 0 Å². The Kier molecular flexibility index (Phi) is 3.29. The van der Waals surface area contributed by atoms with E-state index in [1.165, 1.54) is 6.07 Å². The van der Waals surface area contributed by atoms with Crippen LogP contribution in [-0.4, -0.2) is 12.2 Å². The highest BCUT2D eigenvalue weighted by Crippen LogP contribution is 2.15. The molecular formula is C8H4F3IO. The van der Waals surface area contributed by atoms with Crippen LogP contribution < -0.4 is 0 Å². The third-order valence-electron chi connectivity index (χ3n) is 1.39. The third-order valence-corrected chi connectivity index (χ3v) is 2.06. The molecule has 1 aromatic carbocycles. The molecule has 0 atom stereocenters. The van der Waals surface area contributed by atoms with Gasteiger partial charge in [0.2, 0.25) is 5.78 Å². The molecule has 13 heavy (non-hydrogen) atoms. The Bertz CT molecular complexity index is 338. The summed E-state index contributed by atoms with van der Waals surface area (Å²) in [7, 11) is 0. The number of halogens is 4. The number of Topliss-reactive ketones (excluding diaryl/α,β-unsaturated/α-hetero) is 1. The molecule has 0 fully saturated rings. The number of ketones is 1. The van der Waals surface area contributed by atoms with Crippen LogP contribution in [0.3, 0.4) is 0 Å². The third kappa shape index (κ3) is 2.43. The lowest BCUT2D eigenvalue weighted by molar-refractivity contribution is 0.0674. The Labute approximate surface area is 86.1 Å². The topological polar surface area (TPSA) is 17.1 Å². The first-order chi connectivity index (χ1) is 6.02. The van der Waals surface area contributed by atoms with Crippen LogP contribution >= 0.6 is 22.6 Å². The molecular weight excluding hydrogens is 296 g/mol. The Balaban J connectivity index is 3.13. The monoisotopic (exact) mass is 300 g/mol. The summed E-state index contributed by atoms with van der Waals surface area (Å²) in [6.07, 6.45) is -3.16. The smallest absolute Gasteiger partial charge is 0.288 e.